The first-order valence-electron chi connectivity index (χ1n) is 9.33. The zero-order valence-corrected chi connectivity index (χ0v) is 15.2. The maximum Gasteiger partial charge on any atom is 0.239 e. The molecule has 0 spiro atoms. The SMILES string of the molecule is CC(C(=O)N1CCN(c2cnccn2)CC1)N1CCc2ccccc2C1. The molecule has 0 radical (unpaired) electrons. The summed E-state index contributed by atoms with van der Waals surface area (Å²) in [5, 5.41) is 0. The summed E-state index contributed by atoms with van der Waals surface area (Å²) in [5.74, 6) is 1.13. The number of piperazine rings is 1. The molecule has 1 aromatic carbocycles. The molecule has 1 saturated heterocycles. The number of hydrogen-bond acceptors (Lipinski definition) is 5. The van der Waals surface area contributed by atoms with Crippen LogP contribution in [0.15, 0.2) is 42.9 Å². The van der Waals surface area contributed by atoms with Crippen LogP contribution in [0.25, 0.3) is 0 Å². The molecule has 0 N–H and O–H groups in total. The Hall–Kier alpha value is -2.47. The minimum Gasteiger partial charge on any atom is -0.352 e. The second-order valence-electron chi connectivity index (χ2n) is 7.04. The van der Waals surface area contributed by atoms with E-state index in [-0.39, 0.29) is 11.9 Å². The van der Waals surface area contributed by atoms with Crippen molar-refractivity contribution in [1.29, 1.82) is 0 Å². The van der Waals surface area contributed by atoms with Gasteiger partial charge in [0.2, 0.25) is 5.91 Å². The molecule has 1 atom stereocenters. The topological polar surface area (TPSA) is 52.6 Å². The molecule has 4 rings (SSSR count). The van der Waals surface area contributed by atoms with Gasteiger partial charge in [-0.25, -0.2) is 4.98 Å². The molecule has 6 heteroatoms. The molecule has 2 aliphatic heterocycles. The summed E-state index contributed by atoms with van der Waals surface area (Å²) in [6, 6.07) is 8.48. The number of benzene rings is 1. The predicted octanol–water partition coefficient (Wildman–Crippen LogP) is 1.57. The van der Waals surface area contributed by atoms with Gasteiger partial charge in [0.25, 0.3) is 0 Å². The standard InChI is InChI=1S/C20H25N5O/c1-16(25-9-6-17-4-2-3-5-18(17)15-25)20(26)24-12-10-23(11-13-24)19-14-21-7-8-22-19/h2-5,7-8,14,16H,6,9-13,15H2,1H3. The summed E-state index contributed by atoms with van der Waals surface area (Å²) in [5.41, 5.74) is 2.77. The van der Waals surface area contributed by atoms with Crippen LogP contribution in [-0.2, 0) is 17.8 Å². The van der Waals surface area contributed by atoms with Gasteiger partial charge < -0.3 is 9.80 Å². The average Bonchev–Trinajstić information content (AvgIpc) is 2.73. The van der Waals surface area contributed by atoms with Gasteiger partial charge in [0.05, 0.1) is 12.2 Å². The quantitative estimate of drug-likeness (QED) is 0.840. The van der Waals surface area contributed by atoms with Gasteiger partial charge in [-0.1, -0.05) is 24.3 Å². The number of anilines is 1. The van der Waals surface area contributed by atoms with E-state index in [4.69, 9.17) is 0 Å². The summed E-state index contributed by atoms with van der Waals surface area (Å²) >= 11 is 0. The third kappa shape index (κ3) is 3.42. The molecule has 136 valence electrons. The second-order valence-corrected chi connectivity index (χ2v) is 7.04. The van der Waals surface area contributed by atoms with E-state index in [0.717, 1.165) is 51.5 Å². The summed E-state index contributed by atoms with van der Waals surface area (Å²) < 4.78 is 0. The lowest BCUT2D eigenvalue weighted by molar-refractivity contribution is -0.137. The van der Waals surface area contributed by atoms with E-state index in [2.05, 4.69) is 44.0 Å². The van der Waals surface area contributed by atoms with Crippen molar-refractivity contribution in [3.05, 3.63) is 54.0 Å². The molecule has 2 aromatic rings. The number of aromatic nitrogens is 2. The Morgan fingerprint density at radius 3 is 2.54 bits per heavy atom. The van der Waals surface area contributed by atoms with Crippen molar-refractivity contribution in [3.8, 4) is 0 Å². The largest absolute Gasteiger partial charge is 0.352 e. The summed E-state index contributed by atoms with van der Waals surface area (Å²) in [4.78, 5) is 28.0. The number of fused-ring (bicyclic) bond motifs is 1. The highest BCUT2D eigenvalue weighted by molar-refractivity contribution is 5.81. The second kappa shape index (κ2) is 7.41. The summed E-state index contributed by atoms with van der Waals surface area (Å²) in [6.07, 6.45) is 6.20. The van der Waals surface area contributed by atoms with Gasteiger partial charge in [-0.3, -0.25) is 14.7 Å². The minimum absolute atomic E-state index is 0.0774. The Morgan fingerprint density at radius 1 is 1.04 bits per heavy atom. The van der Waals surface area contributed by atoms with Crippen molar-refractivity contribution in [2.45, 2.75) is 25.9 Å². The number of carbonyl (C=O) groups is 1. The van der Waals surface area contributed by atoms with E-state index in [0.29, 0.717) is 0 Å². The molecular formula is C20H25N5O. The van der Waals surface area contributed by atoms with Crippen LogP contribution in [0, 0.1) is 0 Å². The van der Waals surface area contributed by atoms with Gasteiger partial charge in [-0.05, 0) is 24.5 Å². The van der Waals surface area contributed by atoms with Crippen molar-refractivity contribution in [2.75, 3.05) is 37.6 Å². The molecule has 1 aromatic heterocycles. The monoisotopic (exact) mass is 351 g/mol. The molecule has 3 heterocycles. The Bertz CT molecular complexity index is 758. The Balaban J connectivity index is 1.35. The highest BCUT2D eigenvalue weighted by atomic mass is 16.2. The van der Waals surface area contributed by atoms with Gasteiger partial charge in [0.1, 0.15) is 5.82 Å². The lowest BCUT2D eigenvalue weighted by Gasteiger charge is -2.39. The van der Waals surface area contributed by atoms with E-state index in [1.807, 2.05) is 11.8 Å². The van der Waals surface area contributed by atoms with Crippen molar-refractivity contribution in [2.24, 2.45) is 0 Å². The number of hydrogen-bond donors (Lipinski definition) is 0. The Labute approximate surface area is 154 Å². The lowest BCUT2D eigenvalue weighted by Crippen LogP contribution is -2.55. The molecule has 0 saturated carbocycles. The molecular weight excluding hydrogens is 326 g/mol. The van der Waals surface area contributed by atoms with Crippen LogP contribution in [0.3, 0.4) is 0 Å². The highest BCUT2D eigenvalue weighted by Crippen LogP contribution is 2.21. The van der Waals surface area contributed by atoms with Crippen molar-refractivity contribution >= 4 is 11.7 Å². The van der Waals surface area contributed by atoms with E-state index in [1.54, 1.807) is 18.6 Å². The van der Waals surface area contributed by atoms with E-state index >= 15 is 0 Å². The maximum absolute atomic E-state index is 13.0. The van der Waals surface area contributed by atoms with Gasteiger partial charge in [-0.15, -0.1) is 0 Å². The van der Waals surface area contributed by atoms with Gasteiger partial charge in [-0.2, -0.15) is 0 Å². The minimum atomic E-state index is -0.0774. The molecule has 2 aliphatic rings. The average molecular weight is 351 g/mol. The Kier molecular flexibility index (Phi) is 4.84. The van der Waals surface area contributed by atoms with Crippen molar-refractivity contribution < 1.29 is 4.79 Å². The fourth-order valence-corrected chi connectivity index (χ4v) is 3.88. The fourth-order valence-electron chi connectivity index (χ4n) is 3.88. The van der Waals surface area contributed by atoms with Gasteiger partial charge >= 0.3 is 0 Å². The van der Waals surface area contributed by atoms with Crippen molar-refractivity contribution in [1.82, 2.24) is 19.8 Å². The molecule has 1 amide bonds. The normalized spacial score (nSPS) is 19.1. The smallest absolute Gasteiger partial charge is 0.239 e. The molecule has 26 heavy (non-hydrogen) atoms. The van der Waals surface area contributed by atoms with E-state index in [1.165, 1.54) is 11.1 Å². The maximum atomic E-state index is 13.0. The first-order chi connectivity index (χ1) is 12.7. The lowest BCUT2D eigenvalue weighted by atomic mass is 9.98. The van der Waals surface area contributed by atoms with Crippen LogP contribution < -0.4 is 4.90 Å². The number of amides is 1. The van der Waals surface area contributed by atoms with Gasteiger partial charge in [0, 0.05) is 51.7 Å². The van der Waals surface area contributed by atoms with Crippen LogP contribution >= 0.6 is 0 Å². The third-order valence-electron chi connectivity index (χ3n) is 5.53. The fraction of sp³-hybridized carbons (Fsp3) is 0.450. The highest BCUT2D eigenvalue weighted by Gasteiger charge is 2.30. The van der Waals surface area contributed by atoms with Crippen molar-refractivity contribution in [3.63, 3.8) is 0 Å². The summed E-state index contributed by atoms with van der Waals surface area (Å²) in [7, 11) is 0. The van der Waals surface area contributed by atoms with Crippen LogP contribution in [0.2, 0.25) is 0 Å². The number of nitrogens with zero attached hydrogens (tertiary/aromatic N) is 5. The third-order valence-corrected chi connectivity index (χ3v) is 5.53. The van der Waals surface area contributed by atoms with Gasteiger partial charge in [0.15, 0.2) is 0 Å². The zero-order valence-electron chi connectivity index (χ0n) is 15.2. The molecule has 6 nitrogen and oxygen atoms in total. The van der Waals surface area contributed by atoms with E-state index in [9.17, 15) is 4.79 Å². The van der Waals surface area contributed by atoms with Crippen LogP contribution in [-0.4, -0.2) is 64.4 Å². The first-order valence-corrected chi connectivity index (χ1v) is 9.33. The first kappa shape index (κ1) is 17.0. The molecule has 0 aliphatic carbocycles. The number of carbonyl (C=O) groups excluding carboxylic acids is 1. The van der Waals surface area contributed by atoms with E-state index < -0.39 is 0 Å². The zero-order chi connectivity index (χ0) is 17.9. The molecule has 1 fully saturated rings. The van der Waals surface area contributed by atoms with Crippen LogP contribution in [0.5, 0.6) is 0 Å². The Morgan fingerprint density at radius 2 is 1.81 bits per heavy atom. The molecule has 1 unspecified atom stereocenters. The summed E-state index contributed by atoms with van der Waals surface area (Å²) in [6.45, 7) is 6.95. The predicted molar refractivity (Wildman–Crippen MR) is 101 cm³/mol. The van der Waals surface area contributed by atoms with Crippen LogP contribution in [0.4, 0.5) is 5.82 Å². The van der Waals surface area contributed by atoms with Crippen LogP contribution in [0.1, 0.15) is 18.1 Å². The number of rotatable bonds is 3. The molecule has 0 bridgehead atoms.